The molecule has 7 heteroatoms. The van der Waals surface area contributed by atoms with Gasteiger partial charge in [-0.05, 0) is 31.0 Å². The van der Waals surface area contributed by atoms with Crippen LogP contribution in [0, 0.1) is 5.82 Å². The number of benzene rings is 1. The fourth-order valence-electron chi connectivity index (χ4n) is 1.69. The Bertz CT molecular complexity index is 435. The van der Waals surface area contributed by atoms with Gasteiger partial charge in [-0.1, -0.05) is 6.07 Å². The van der Waals surface area contributed by atoms with Crippen molar-refractivity contribution in [3.05, 3.63) is 29.6 Å². The second-order valence-corrected chi connectivity index (χ2v) is 4.82. The highest BCUT2D eigenvalue weighted by atomic mass is 19.4. The predicted molar refractivity (Wildman–Crippen MR) is 70.7 cm³/mol. The fourth-order valence-corrected chi connectivity index (χ4v) is 1.69. The van der Waals surface area contributed by atoms with Gasteiger partial charge in [0.05, 0.1) is 13.2 Å². The molecule has 1 atom stereocenters. The average Bonchev–Trinajstić information content (AvgIpc) is 2.33. The lowest BCUT2D eigenvalue weighted by Gasteiger charge is -2.10. The zero-order chi connectivity index (χ0) is 15.9. The van der Waals surface area contributed by atoms with E-state index in [2.05, 4.69) is 4.74 Å². The van der Waals surface area contributed by atoms with E-state index in [0.717, 1.165) is 5.56 Å². The molecule has 1 aromatic carbocycles. The minimum absolute atomic E-state index is 0.0676. The largest absolute Gasteiger partial charge is 0.490 e. The van der Waals surface area contributed by atoms with Crippen LogP contribution in [0.2, 0.25) is 0 Å². The summed E-state index contributed by atoms with van der Waals surface area (Å²) in [6.07, 6.45) is -3.53. The van der Waals surface area contributed by atoms with Gasteiger partial charge in [0.25, 0.3) is 0 Å². The molecular weight excluding hydrogens is 290 g/mol. The molecule has 0 bridgehead atoms. The molecule has 0 aliphatic carbocycles. The molecule has 0 aliphatic heterocycles. The molecule has 0 aromatic heterocycles. The molecule has 120 valence electrons. The standard InChI is InChI=1S/C14H19F4NO2/c1-10(19)7-11-3-4-13(12(15)8-11)21-6-2-5-20-9-14(16,17)18/h3-4,8,10H,2,5-7,9,19H2,1H3. The fraction of sp³-hybridized carbons (Fsp3) is 0.571. The van der Waals surface area contributed by atoms with Crippen LogP contribution < -0.4 is 10.5 Å². The van der Waals surface area contributed by atoms with Crippen molar-refractivity contribution in [3.8, 4) is 5.75 Å². The molecule has 0 aliphatic rings. The molecular formula is C14H19F4NO2. The van der Waals surface area contributed by atoms with Crippen molar-refractivity contribution in [2.24, 2.45) is 5.73 Å². The van der Waals surface area contributed by atoms with E-state index in [1.54, 1.807) is 6.07 Å². The molecule has 0 saturated carbocycles. The van der Waals surface area contributed by atoms with Gasteiger partial charge in [-0.3, -0.25) is 0 Å². The molecule has 0 heterocycles. The summed E-state index contributed by atoms with van der Waals surface area (Å²) >= 11 is 0. The average molecular weight is 309 g/mol. The quantitative estimate of drug-likeness (QED) is 0.593. The van der Waals surface area contributed by atoms with Crippen molar-refractivity contribution in [3.63, 3.8) is 0 Å². The lowest BCUT2D eigenvalue weighted by Crippen LogP contribution is -2.18. The molecule has 1 rings (SSSR count). The number of rotatable bonds is 8. The zero-order valence-electron chi connectivity index (χ0n) is 11.8. The first-order chi connectivity index (χ1) is 9.78. The SMILES string of the molecule is CC(N)Cc1ccc(OCCCOCC(F)(F)F)c(F)c1. The van der Waals surface area contributed by atoms with Crippen molar-refractivity contribution >= 4 is 0 Å². The summed E-state index contributed by atoms with van der Waals surface area (Å²) in [7, 11) is 0. The number of halogens is 4. The van der Waals surface area contributed by atoms with Gasteiger partial charge in [-0.15, -0.1) is 0 Å². The maximum atomic E-state index is 13.7. The van der Waals surface area contributed by atoms with Gasteiger partial charge in [0.2, 0.25) is 0 Å². The first-order valence-corrected chi connectivity index (χ1v) is 6.59. The van der Waals surface area contributed by atoms with Gasteiger partial charge >= 0.3 is 6.18 Å². The van der Waals surface area contributed by atoms with Gasteiger partial charge in [-0.2, -0.15) is 13.2 Å². The highest BCUT2D eigenvalue weighted by Gasteiger charge is 2.27. The highest BCUT2D eigenvalue weighted by Crippen LogP contribution is 2.19. The third kappa shape index (κ3) is 7.87. The van der Waals surface area contributed by atoms with E-state index in [1.165, 1.54) is 12.1 Å². The van der Waals surface area contributed by atoms with Crippen molar-refractivity contribution in [1.82, 2.24) is 0 Å². The van der Waals surface area contributed by atoms with E-state index in [9.17, 15) is 17.6 Å². The van der Waals surface area contributed by atoms with Crippen LogP contribution in [0.4, 0.5) is 17.6 Å². The van der Waals surface area contributed by atoms with Gasteiger partial charge in [0, 0.05) is 12.5 Å². The van der Waals surface area contributed by atoms with Crippen LogP contribution in [0.1, 0.15) is 18.9 Å². The van der Waals surface area contributed by atoms with E-state index >= 15 is 0 Å². The number of nitrogens with two attached hydrogens (primary N) is 1. The Labute approximate surface area is 121 Å². The van der Waals surface area contributed by atoms with E-state index in [0.29, 0.717) is 6.42 Å². The third-order valence-electron chi connectivity index (χ3n) is 2.51. The lowest BCUT2D eigenvalue weighted by molar-refractivity contribution is -0.174. The first kappa shape index (κ1) is 17.7. The van der Waals surface area contributed by atoms with Crippen LogP contribution in [0.25, 0.3) is 0 Å². The van der Waals surface area contributed by atoms with Gasteiger partial charge < -0.3 is 15.2 Å². The topological polar surface area (TPSA) is 44.5 Å². The van der Waals surface area contributed by atoms with Crippen molar-refractivity contribution in [2.75, 3.05) is 19.8 Å². The van der Waals surface area contributed by atoms with Crippen LogP contribution in [-0.4, -0.2) is 32.0 Å². The minimum Gasteiger partial charge on any atom is -0.490 e. The number of hydrogen-bond donors (Lipinski definition) is 1. The molecule has 0 amide bonds. The highest BCUT2D eigenvalue weighted by molar-refractivity contribution is 5.29. The zero-order valence-corrected chi connectivity index (χ0v) is 11.8. The molecule has 0 fully saturated rings. The predicted octanol–water partition coefficient (Wildman–Crippen LogP) is 3.06. The molecule has 0 saturated heterocycles. The van der Waals surface area contributed by atoms with Gasteiger partial charge in [0.1, 0.15) is 6.61 Å². The molecule has 0 radical (unpaired) electrons. The van der Waals surface area contributed by atoms with Crippen molar-refractivity contribution < 1.29 is 27.0 Å². The van der Waals surface area contributed by atoms with Gasteiger partial charge in [-0.25, -0.2) is 4.39 Å². The number of alkyl halides is 3. The molecule has 2 N–H and O–H groups in total. The second kappa shape index (κ2) is 8.19. The van der Waals surface area contributed by atoms with Crippen LogP contribution in [0.3, 0.4) is 0 Å². The number of ether oxygens (including phenoxy) is 2. The van der Waals surface area contributed by atoms with Crippen molar-refractivity contribution in [1.29, 1.82) is 0 Å². The Morgan fingerprint density at radius 1 is 1.24 bits per heavy atom. The lowest BCUT2D eigenvalue weighted by atomic mass is 10.1. The normalized spacial score (nSPS) is 13.2. The summed E-state index contributed by atoms with van der Waals surface area (Å²) in [5.74, 6) is -0.441. The Morgan fingerprint density at radius 3 is 2.52 bits per heavy atom. The summed E-state index contributed by atoms with van der Waals surface area (Å²) in [6.45, 7) is 0.530. The second-order valence-electron chi connectivity index (χ2n) is 4.82. The van der Waals surface area contributed by atoms with Crippen LogP contribution in [0.15, 0.2) is 18.2 Å². The molecule has 1 unspecified atom stereocenters. The number of hydrogen-bond acceptors (Lipinski definition) is 3. The van der Waals surface area contributed by atoms with Crippen molar-refractivity contribution in [2.45, 2.75) is 32.0 Å². The van der Waals surface area contributed by atoms with E-state index in [-0.39, 0.29) is 31.4 Å². The Kier molecular flexibility index (Phi) is 6.91. The minimum atomic E-state index is -4.33. The molecule has 0 spiro atoms. The van der Waals surface area contributed by atoms with Crippen LogP contribution in [0.5, 0.6) is 5.75 Å². The summed E-state index contributed by atoms with van der Waals surface area (Å²) in [4.78, 5) is 0. The van der Waals surface area contributed by atoms with E-state index in [4.69, 9.17) is 10.5 Å². The Morgan fingerprint density at radius 2 is 1.95 bits per heavy atom. The van der Waals surface area contributed by atoms with Crippen LogP contribution in [-0.2, 0) is 11.2 Å². The molecule has 3 nitrogen and oxygen atoms in total. The van der Waals surface area contributed by atoms with Crippen LogP contribution >= 0.6 is 0 Å². The smallest absolute Gasteiger partial charge is 0.411 e. The summed E-state index contributed by atoms with van der Waals surface area (Å²) in [6, 6.07) is 4.48. The Balaban J connectivity index is 2.29. The monoisotopic (exact) mass is 309 g/mol. The van der Waals surface area contributed by atoms with Gasteiger partial charge in [0.15, 0.2) is 11.6 Å². The molecule has 21 heavy (non-hydrogen) atoms. The summed E-state index contributed by atoms with van der Waals surface area (Å²) < 4.78 is 58.7. The summed E-state index contributed by atoms with van der Waals surface area (Å²) in [5.41, 5.74) is 6.39. The van der Waals surface area contributed by atoms with E-state index in [1.807, 2.05) is 6.92 Å². The van der Waals surface area contributed by atoms with E-state index < -0.39 is 18.6 Å². The maximum Gasteiger partial charge on any atom is 0.411 e. The molecule has 1 aromatic rings. The third-order valence-corrected chi connectivity index (χ3v) is 2.51. The first-order valence-electron chi connectivity index (χ1n) is 6.59. The summed E-state index contributed by atoms with van der Waals surface area (Å²) in [5, 5.41) is 0. The maximum absolute atomic E-state index is 13.7. The Hall–Kier alpha value is -1.34.